The zero-order valence-electron chi connectivity index (χ0n) is 21.5. The number of aromatic amines is 1. The van der Waals surface area contributed by atoms with Gasteiger partial charge in [-0.1, -0.05) is 47.5 Å². The molecule has 33 heavy (non-hydrogen) atoms. The van der Waals surface area contributed by atoms with Crippen LogP contribution in [0.25, 0.3) is 0 Å². The van der Waals surface area contributed by atoms with Gasteiger partial charge in [0, 0.05) is 12.3 Å². The quantitative estimate of drug-likeness (QED) is 0.470. The molecule has 1 saturated heterocycles. The summed E-state index contributed by atoms with van der Waals surface area (Å²) in [4.78, 5) is 26.2. The summed E-state index contributed by atoms with van der Waals surface area (Å²) in [7, 11) is -4.67. The highest BCUT2D eigenvalue weighted by molar-refractivity contribution is 6.74. The first-order valence-corrected chi connectivity index (χ1v) is 17.0. The molecule has 2 rings (SSSR count). The third-order valence-corrected chi connectivity index (χ3v) is 16.3. The van der Waals surface area contributed by atoms with Crippen molar-refractivity contribution in [2.45, 2.75) is 102 Å². The Labute approximate surface area is 198 Å². The second-order valence-electron chi connectivity index (χ2n) is 11.8. The Balaban J connectivity index is 2.54. The van der Waals surface area contributed by atoms with Gasteiger partial charge >= 0.3 is 5.69 Å². The van der Waals surface area contributed by atoms with Crippen LogP contribution in [0.3, 0.4) is 0 Å². The molecule has 10 heteroatoms. The highest BCUT2D eigenvalue weighted by Gasteiger charge is 2.61. The second kappa shape index (κ2) is 8.93. The average molecular weight is 499 g/mol. The minimum atomic E-state index is -2.49. The van der Waals surface area contributed by atoms with E-state index in [0.717, 1.165) is 10.6 Å². The Bertz CT molecular complexity index is 1020. The van der Waals surface area contributed by atoms with E-state index in [1.165, 1.54) is 6.20 Å². The van der Waals surface area contributed by atoms with E-state index in [1.807, 2.05) is 13.1 Å². The molecule has 2 unspecified atom stereocenters. The van der Waals surface area contributed by atoms with Gasteiger partial charge in [0.05, 0.1) is 6.61 Å². The van der Waals surface area contributed by atoms with Crippen LogP contribution in [0, 0.1) is 12.3 Å². The summed E-state index contributed by atoms with van der Waals surface area (Å²) in [6.45, 7) is 20.8. The number of alkyl halides is 1. The molecule has 1 fully saturated rings. The molecule has 0 radical (unpaired) electrons. The predicted molar refractivity (Wildman–Crippen MR) is 133 cm³/mol. The number of ether oxygens (including phenoxy) is 1. The van der Waals surface area contributed by atoms with E-state index in [2.05, 4.69) is 65.5 Å². The monoisotopic (exact) mass is 498 g/mol. The fourth-order valence-electron chi connectivity index (χ4n) is 3.07. The molecule has 0 spiro atoms. The summed E-state index contributed by atoms with van der Waals surface area (Å²) in [6.07, 6.45) is 3.47. The van der Waals surface area contributed by atoms with Crippen LogP contribution in [-0.4, -0.2) is 50.7 Å². The Hall–Kier alpha value is -1.52. The molecule has 0 aliphatic carbocycles. The minimum absolute atomic E-state index is 0.0600. The van der Waals surface area contributed by atoms with Gasteiger partial charge in [-0.15, -0.1) is 6.42 Å². The Morgan fingerprint density at radius 3 is 2.15 bits per heavy atom. The van der Waals surface area contributed by atoms with Crippen LogP contribution in [0.2, 0.25) is 36.3 Å². The number of rotatable bonds is 6. The maximum absolute atomic E-state index is 16.6. The molecule has 4 atom stereocenters. The summed E-state index contributed by atoms with van der Waals surface area (Å²) in [5.41, 5.74) is -3.84. The van der Waals surface area contributed by atoms with Crippen molar-refractivity contribution in [2.75, 3.05) is 6.61 Å². The third kappa shape index (κ3) is 5.43. The number of hydrogen-bond acceptors (Lipinski definition) is 5. The summed E-state index contributed by atoms with van der Waals surface area (Å²) in [5, 5.41) is -0.268. The summed E-state index contributed by atoms with van der Waals surface area (Å²) >= 11 is 0. The highest BCUT2D eigenvalue weighted by Crippen LogP contribution is 2.47. The van der Waals surface area contributed by atoms with E-state index in [-0.39, 0.29) is 16.7 Å². The molecule has 0 saturated carbocycles. The first kappa shape index (κ1) is 27.7. The van der Waals surface area contributed by atoms with E-state index >= 15 is 4.39 Å². The lowest BCUT2D eigenvalue weighted by molar-refractivity contribution is -0.0519. The molecule has 2 heterocycles. The standard InChI is InChI=1S/C23H39FN2O5Si2/c1-12-23(24)18(31-33(10,11)22(5,6)7)16(15-29-32(8,9)21(2,3)4)30-19(23)26-14-13-17(27)25-20(26)28/h1,13-14,16,18-19H,15H2,2-11H3,(H,25,27,28)/t16?,18?,19-,23-/m1/s1. The maximum atomic E-state index is 16.6. The van der Waals surface area contributed by atoms with Gasteiger partial charge in [-0.25, -0.2) is 9.18 Å². The molecule has 0 bridgehead atoms. The number of H-pyrrole nitrogens is 1. The van der Waals surface area contributed by atoms with Crippen molar-refractivity contribution in [2.24, 2.45) is 0 Å². The van der Waals surface area contributed by atoms with E-state index in [1.54, 1.807) is 0 Å². The Kier molecular flexibility index (Phi) is 7.50. The molecule has 1 aromatic rings. The van der Waals surface area contributed by atoms with E-state index < -0.39 is 52.0 Å². The lowest BCUT2D eigenvalue weighted by Crippen LogP contribution is -2.54. The van der Waals surface area contributed by atoms with Gasteiger partial charge in [0.25, 0.3) is 5.56 Å². The zero-order valence-corrected chi connectivity index (χ0v) is 23.5. The molecular weight excluding hydrogens is 459 g/mol. The number of aromatic nitrogens is 2. The molecular formula is C23H39FN2O5Si2. The molecule has 1 aliphatic rings. The first-order chi connectivity index (χ1) is 14.8. The van der Waals surface area contributed by atoms with E-state index in [4.69, 9.17) is 20.0 Å². The predicted octanol–water partition coefficient (Wildman–Crippen LogP) is 4.19. The SMILES string of the molecule is C#C[C@@]1(F)C(O[Si](C)(C)C(C)(C)C)C(CO[Si](C)(C)C(C)(C)C)O[C@H]1n1ccc(=O)[nH]c1=O. The molecule has 0 aromatic carbocycles. The van der Waals surface area contributed by atoms with Gasteiger partial charge in [-0.2, -0.15) is 0 Å². The first-order valence-electron chi connectivity index (χ1n) is 11.2. The third-order valence-electron chi connectivity index (χ3n) is 7.38. The van der Waals surface area contributed by atoms with E-state index in [9.17, 15) is 9.59 Å². The van der Waals surface area contributed by atoms with Crippen LogP contribution in [0.4, 0.5) is 4.39 Å². The van der Waals surface area contributed by atoms with Crippen molar-refractivity contribution < 1.29 is 18.0 Å². The van der Waals surface area contributed by atoms with Crippen LogP contribution < -0.4 is 11.2 Å². The van der Waals surface area contributed by atoms with Gasteiger partial charge in [0.2, 0.25) is 5.67 Å². The summed E-state index contributed by atoms with van der Waals surface area (Å²) < 4.78 is 36.5. The molecule has 1 aliphatic heterocycles. The number of halogens is 1. The maximum Gasteiger partial charge on any atom is 0.330 e. The molecule has 186 valence electrons. The largest absolute Gasteiger partial charge is 0.414 e. The van der Waals surface area contributed by atoms with Crippen molar-refractivity contribution in [3.05, 3.63) is 33.1 Å². The van der Waals surface area contributed by atoms with Gasteiger partial charge < -0.3 is 13.6 Å². The van der Waals surface area contributed by atoms with Crippen LogP contribution in [-0.2, 0) is 13.6 Å². The van der Waals surface area contributed by atoms with Crippen LogP contribution in [0.15, 0.2) is 21.9 Å². The topological polar surface area (TPSA) is 82.6 Å². The minimum Gasteiger partial charge on any atom is -0.414 e. The number of nitrogens with one attached hydrogen (secondary N) is 1. The number of hydrogen-bond donors (Lipinski definition) is 1. The lowest BCUT2D eigenvalue weighted by atomic mass is 9.97. The molecule has 1 N–H and O–H groups in total. The smallest absolute Gasteiger partial charge is 0.330 e. The fourth-order valence-corrected chi connectivity index (χ4v) is 5.40. The van der Waals surface area contributed by atoms with Crippen LogP contribution in [0.5, 0.6) is 0 Å². The second-order valence-corrected chi connectivity index (χ2v) is 21.4. The van der Waals surface area contributed by atoms with Crippen molar-refractivity contribution in [3.8, 4) is 12.3 Å². The van der Waals surface area contributed by atoms with E-state index in [0.29, 0.717) is 0 Å². The average Bonchev–Trinajstić information content (AvgIpc) is 2.91. The van der Waals surface area contributed by atoms with Crippen molar-refractivity contribution in [1.82, 2.24) is 9.55 Å². The van der Waals surface area contributed by atoms with Gasteiger partial charge in [0.1, 0.15) is 12.2 Å². The van der Waals surface area contributed by atoms with Gasteiger partial charge in [-0.3, -0.25) is 14.3 Å². The molecule has 0 amide bonds. The Morgan fingerprint density at radius 1 is 1.15 bits per heavy atom. The summed E-state index contributed by atoms with van der Waals surface area (Å²) in [6, 6.07) is 1.13. The van der Waals surface area contributed by atoms with Crippen molar-refractivity contribution >= 4 is 16.6 Å². The molecule has 1 aromatic heterocycles. The van der Waals surface area contributed by atoms with Gasteiger partial charge in [0.15, 0.2) is 22.9 Å². The lowest BCUT2D eigenvalue weighted by Gasteiger charge is -2.42. The number of nitrogens with zero attached hydrogens (tertiary/aromatic N) is 1. The van der Waals surface area contributed by atoms with Crippen LogP contribution in [0.1, 0.15) is 47.8 Å². The molecule has 7 nitrogen and oxygen atoms in total. The summed E-state index contributed by atoms with van der Waals surface area (Å²) in [5.74, 6) is 2.22. The van der Waals surface area contributed by atoms with Gasteiger partial charge in [-0.05, 0) is 36.3 Å². The Morgan fingerprint density at radius 2 is 1.70 bits per heavy atom. The highest BCUT2D eigenvalue weighted by atomic mass is 28.4. The van der Waals surface area contributed by atoms with Crippen molar-refractivity contribution in [3.63, 3.8) is 0 Å². The van der Waals surface area contributed by atoms with Crippen LogP contribution >= 0.6 is 0 Å². The van der Waals surface area contributed by atoms with Crippen molar-refractivity contribution in [1.29, 1.82) is 0 Å². The normalized spacial score (nSPS) is 26.9. The zero-order chi connectivity index (χ0) is 25.6. The number of terminal acetylenes is 1. The fraction of sp³-hybridized carbons (Fsp3) is 0.739.